The first-order valence-corrected chi connectivity index (χ1v) is 13.2. The summed E-state index contributed by atoms with van der Waals surface area (Å²) in [7, 11) is 1.85. The molecule has 3 aromatic heterocycles. The number of ether oxygens (including phenoxy) is 1. The number of hydrogen-bond acceptors (Lipinski definition) is 6. The number of benzene rings is 2. The summed E-state index contributed by atoms with van der Waals surface area (Å²) in [6.07, 6.45) is 3.35. The number of carbonyl (C=O) groups is 1. The van der Waals surface area contributed by atoms with Crippen LogP contribution in [0, 0.1) is 20.8 Å². The first kappa shape index (κ1) is 24.7. The van der Waals surface area contributed by atoms with Gasteiger partial charge in [0, 0.05) is 24.4 Å². The molecule has 5 aromatic rings. The smallest absolute Gasteiger partial charge is 0.305 e. The van der Waals surface area contributed by atoms with Crippen molar-refractivity contribution >= 4 is 22.8 Å². The molecule has 2 N–H and O–H groups in total. The van der Waals surface area contributed by atoms with Crippen LogP contribution in [0.3, 0.4) is 0 Å². The number of rotatable bonds is 6. The van der Waals surface area contributed by atoms with Crippen LogP contribution in [0.1, 0.15) is 62.8 Å². The van der Waals surface area contributed by atoms with E-state index in [2.05, 4.69) is 63.4 Å². The quantitative estimate of drug-likeness (QED) is 0.248. The molecule has 1 aliphatic rings. The van der Waals surface area contributed by atoms with Gasteiger partial charge in [-0.3, -0.25) is 20.3 Å². The zero-order chi connectivity index (χ0) is 27.1. The Morgan fingerprint density at radius 2 is 1.87 bits per heavy atom. The van der Waals surface area contributed by atoms with E-state index in [1.54, 1.807) is 16.8 Å². The lowest BCUT2D eigenvalue weighted by atomic mass is 9.78. The van der Waals surface area contributed by atoms with Crippen LogP contribution in [0.4, 0.5) is 5.82 Å². The standard InChI is InChI=1S/C31H31N5O3/c1-18-15-22-11-8-12-23(21-9-6-5-7-10-21)24(22)17-26(18)39-28-14-13-25(38-28)31(37)34-33-27-16-19(2)29-20(3)35-36(4)30(29)32-27/h5-7,9-10,13-17,23H,8,11-12H2,1-4H3,(H,32,33)(H,34,37). The summed E-state index contributed by atoms with van der Waals surface area (Å²) in [5, 5.41) is 5.44. The third kappa shape index (κ3) is 4.74. The van der Waals surface area contributed by atoms with Crippen molar-refractivity contribution in [1.29, 1.82) is 0 Å². The minimum atomic E-state index is -0.433. The van der Waals surface area contributed by atoms with Crippen molar-refractivity contribution in [2.24, 2.45) is 7.05 Å². The molecular weight excluding hydrogens is 490 g/mol. The van der Waals surface area contributed by atoms with E-state index in [0.29, 0.717) is 11.7 Å². The summed E-state index contributed by atoms with van der Waals surface area (Å²) >= 11 is 0. The van der Waals surface area contributed by atoms with Gasteiger partial charge in [-0.1, -0.05) is 36.4 Å². The maximum absolute atomic E-state index is 12.8. The van der Waals surface area contributed by atoms with E-state index in [1.165, 1.54) is 23.1 Å². The minimum absolute atomic E-state index is 0.129. The summed E-state index contributed by atoms with van der Waals surface area (Å²) in [6, 6.07) is 20.1. The number of nitrogens with one attached hydrogen (secondary N) is 2. The molecule has 0 saturated carbocycles. The topological polar surface area (TPSA) is 94.2 Å². The Morgan fingerprint density at radius 3 is 2.69 bits per heavy atom. The zero-order valence-corrected chi connectivity index (χ0v) is 22.5. The van der Waals surface area contributed by atoms with Gasteiger partial charge >= 0.3 is 5.91 Å². The van der Waals surface area contributed by atoms with Gasteiger partial charge in [0.05, 0.1) is 5.69 Å². The van der Waals surface area contributed by atoms with Crippen LogP contribution in [-0.2, 0) is 13.5 Å². The lowest BCUT2D eigenvalue weighted by Crippen LogP contribution is -2.29. The zero-order valence-electron chi connectivity index (χ0n) is 22.5. The average molecular weight is 522 g/mol. The van der Waals surface area contributed by atoms with Gasteiger partial charge in [-0.25, -0.2) is 4.98 Å². The number of aryl methyl sites for hydroxylation is 5. The maximum Gasteiger partial charge on any atom is 0.305 e. The SMILES string of the molecule is Cc1cc2c(cc1Oc1ccc(C(=O)NNc3cc(C)c4c(C)nn(C)c4n3)o1)C(c1ccccc1)CCC2. The molecule has 0 fully saturated rings. The predicted molar refractivity (Wildman–Crippen MR) is 150 cm³/mol. The van der Waals surface area contributed by atoms with Gasteiger partial charge in [0.2, 0.25) is 0 Å². The van der Waals surface area contributed by atoms with Gasteiger partial charge in [0.15, 0.2) is 11.4 Å². The fourth-order valence-electron chi connectivity index (χ4n) is 5.61. The van der Waals surface area contributed by atoms with Crippen LogP contribution in [0.25, 0.3) is 11.0 Å². The van der Waals surface area contributed by atoms with Crippen LogP contribution < -0.4 is 15.6 Å². The van der Waals surface area contributed by atoms with Crippen molar-refractivity contribution in [1.82, 2.24) is 20.2 Å². The second-order valence-electron chi connectivity index (χ2n) is 10.2. The fraction of sp³-hybridized carbons (Fsp3) is 0.258. The van der Waals surface area contributed by atoms with Crippen LogP contribution >= 0.6 is 0 Å². The molecule has 198 valence electrons. The van der Waals surface area contributed by atoms with Crippen molar-refractivity contribution in [3.05, 3.63) is 99.9 Å². The Labute approximate surface area is 227 Å². The van der Waals surface area contributed by atoms with Crippen molar-refractivity contribution in [2.75, 3.05) is 5.43 Å². The summed E-state index contributed by atoms with van der Waals surface area (Å²) in [5.41, 5.74) is 13.2. The Hall–Kier alpha value is -4.59. The largest absolute Gasteiger partial charge is 0.426 e. The monoisotopic (exact) mass is 521 g/mol. The van der Waals surface area contributed by atoms with Gasteiger partial charge in [-0.15, -0.1) is 0 Å². The van der Waals surface area contributed by atoms with Crippen LogP contribution in [0.2, 0.25) is 0 Å². The average Bonchev–Trinajstić information content (AvgIpc) is 3.51. The van der Waals surface area contributed by atoms with E-state index in [4.69, 9.17) is 9.15 Å². The molecule has 0 saturated heterocycles. The van der Waals surface area contributed by atoms with Crippen molar-refractivity contribution in [3.63, 3.8) is 0 Å². The number of pyridine rings is 1. The summed E-state index contributed by atoms with van der Waals surface area (Å²) in [6.45, 7) is 5.99. The number of nitrogens with zero attached hydrogens (tertiary/aromatic N) is 3. The number of furan rings is 1. The van der Waals surface area contributed by atoms with Crippen LogP contribution in [0.15, 0.2) is 65.1 Å². The molecule has 1 aliphatic carbocycles. The highest BCUT2D eigenvalue weighted by Crippen LogP contribution is 2.40. The highest BCUT2D eigenvalue weighted by molar-refractivity contribution is 5.92. The molecule has 0 spiro atoms. The molecule has 0 radical (unpaired) electrons. The molecule has 0 aliphatic heterocycles. The summed E-state index contributed by atoms with van der Waals surface area (Å²) in [5.74, 6) is 1.54. The van der Waals surface area contributed by atoms with Crippen LogP contribution in [-0.4, -0.2) is 20.7 Å². The second kappa shape index (κ2) is 9.94. The number of hydrogen-bond donors (Lipinski definition) is 2. The van der Waals surface area contributed by atoms with E-state index < -0.39 is 5.91 Å². The molecule has 1 unspecified atom stereocenters. The van der Waals surface area contributed by atoms with Crippen molar-refractivity contribution in [3.8, 4) is 11.7 Å². The first-order chi connectivity index (χ1) is 18.9. The Morgan fingerprint density at radius 1 is 1.05 bits per heavy atom. The Kier molecular flexibility index (Phi) is 6.30. The third-order valence-corrected chi connectivity index (χ3v) is 7.44. The van der Waals surface area contributed by atoms with E-state index in [0.717, 1.165) is 46.4 Å². The minimum Gasteiger partial charge on any atom is -0.426 e. The van der Waals surface area contributed by atoms with Gasteiger partial charge < -0.3 is 9.15 Å². The molecule has 0 bridgehead atoms. The lowest BCUT2D eigenvalue weighted by molar-refractivity contribution is 0.0930. The number of carbonyl (C=O) groups excluding carboxylic acids is 1. The lowest BCUT2D eigenvalue weighted by Gasteiger charge is -2.27. The predicted octanol–water partition coefficient (Wildman–Crippen LogP) is 6.50. The highest BCUT2D eigenvalue weighted by Gasteiger charge is 2.24. The Balaban J connectivity index is 1.17. The number of hydrazine groups is 1. The number of amides is 1. The number of aromatic nitrogens is 3. The van der Waals surface area contributed by atoms with E-state index in [1.807, 2.05) is 33.9 Å². The summed E-state index contributed by atoms with van der Waals surface area (Å²) < 4.78 is 13.6. The highest BCUT2D eigenvalue weighted by atomic mass is 16.6. The first-order valence-electron chi connectivity index (χ1n) is 13.2. The van der Waals surface area contributed by atoms with Crippen molar-refractivity contribution < 1.29 is 13.9 Å². The van der Waals surface area contributed by atoms with E-state index >= 15 is 0 Å². The number of fused-ring (bicyclic) bond motifs is 2. The summed E-state index contributed by atoms with van der Waals surface area (Å²) in [4.78, 5) is 17.4. The van der Waals surface area contributed by atoms with Gasteiger partial charge in [-0.05, 0) is 86.1 Å². The molecular formula is C31H31N5O3. The normalized spacial score (nSPS) is 14.7. The fourth-order valence-corrected chi connectivity index (χ4v) is 5.61. The molecule has 8 nitrogen and oxygen atoms in total. The van der Waals surface area contributed by atoms with Crippen LogP contribution in [0.5, 0.6) is 11.7 Å². The van der Waals surface area contributed by atoms with Gasteiger partial charge in [-0.2, -0.15) is 5.10 Å². The van der Waals surface area contributed by atoms with Crippen molar-refractivity contribution in [2.45, 2.75) is 46.0 Å². The maximum atomic E-state index is 12.8. The van der Waals surface area contributed by atoms with Gasteiger partial charge in [0.1, 0.15) is 11.6 Å². The molecule has 6 rings (SSSR count). The number of anilines is 1. The van der Waals surface area contributed by atoms with E-state index in [9.17, 15) is 4.79 Å². The molecule has 39 heavy (non-hydrogen) atoms. The molecule has 8 heteroatoms. The van der Waals surface area contributed by atoms with E-state index in [-0.39, 0.29) is 11.7 Å². The third-order valence-electron chi connectivity index (χ3n) is 7.44. The Bertz CT molecular complexity index is 1690. The molecule has 1 atom stereocenters. The molecule has 3 heterocycles. The second-order valence-corrected chi connectivity index (χ2v) is 10.2. The molecule has 2 aromatic carbocycles. The van der Waals surface area contributed by atoms with Gasteiger partial charge in [0.25, 0.3) is 5.95 Å². The molecule has 1 amide bonds.